The van der Waals surface area contributed by atoms with Crippen LogP contribution in [0.2, 0.25) is 0 Å². The average molecular weight is 387 g/mol. The minimum Gasteiger partial charge on any atom is -0.497 e. The van der Waals surface area contributed by atoms with Gasteiger partial charge in [0.15, 0.2) is 5.96 Å². The fourth-order valence-corrected chi connectivity index (χ4v) is 3.76. The van der Waals surface area contributed by atoms with E-state index in [-0.39, 0.29) is 12.3 Å². The lowest BCUT2D eigenvalue weighted by Gasteiger charge is -2.17. The highest BCUT2D eigenvalue weighted by atomic mass is 32.2. The number of nitrogens with one attached hydrogen (secondary N) is 2. The standard InChI is InChI=1S/C18H27F2N3O2S/c1-4-21-18(23-13-6-8-15(9-13)26-3)22-11-12-5-7-14(24-2)10-16(12)25-17(19)20/h5,7,10,13,15,17H,4,6,8-9,11H2,1-3H3,(H2,21,22,23). The second-order valence-electron chi connectivity index (χ2n) is 6.06. The van der Waals surface area contributed by atoms with Crippen molar-refractivity contribution < 1.29 is 18.3 Å². The topological polar surface area (TPSA) is 54.9 Å². The molecule has 2 N–H and O–H groups in total. The minimum absolute atomic E-state index is 0.0854. The van der Waals surface area contributed by atoms with E-state index in [9.17, 15) is 8.78 Å². The SMILES string of the molecule is CCNC(=NCc1ccc(OC)cc1OC(F)F)NC1CCC(SC)C1. The normalized spacial score (nSPS) is 20.3. The summed E-state index contributed by atoms with van der Waals surface area (Å²) < 4.78 is 35.0. The van der Waals surface area contributed by atoms with Gasteiger partial charge >= 0.3 is 6.61 Å². The molecular formula is C18H27F2N3O2S. The molecular weight excluding hydrogens is 360 g/mol. The molecule has 26 heavy (non-hydrogen) atoms. The number of nitrogens with zero attached hydrogens (tertiary/aromatic N) is 1. The van der Waals surface area contributed by atoms with E-state index in [1.165, 1.54) is 19.6 Å². The second kappa shape index (κ2) is 10.4. The molecule has 1 saturated carbocycles. The van der Waals surface area contributed by atoms with E-state index in [0.717, 1.165) is 19.4 Å². The van der Waals surface area contributed by atoms with Crippen molar-refractivity contribution in [3.05, 3.63) is 23.8 Å². The van der Waals surface area contributed by atoms with Gasteiger partial charge in [0, 0.05) is 29.5 Å². The first-order chi connectivity index (χ1) is 12.5. The maximum Gasteiger partial charge on any atom is 0.387 e. The van der Waals surface area contributed by atoms with Gasteiger partial charge in [0.2, 0.25) is 0 Å². The van der Waals surface area contributed by atoms with E-state index < -0.39 is 6.61 Å². The highest BCUT2D eigenvalue weighted by Gasteiger charge is 2.24. The molecule has 1 aliphatic rings. The summed E-state index contributed by atoms with van der Waals surface area (Å²) in [5.41, 5.74) is 0.580. The van der Waals surface area contributed by atoms with E-state index in [2.05, 4.69) is 26.6 Å². The Labute approximate surface area is 157 Å². The number of benzene rings is 1. The molecule has 146 valence electrons. The summed E-state index contributed by atoms with van der Waals surface area (Å²) in [5.74, 6) is 1.24. The summed E-state index contributed by atoms with van der Waals surface area (Å²) in [6.07, 6.45) is 5.55. The second-order valence-corrected chi connectivity index (χ2v) is 7.20. The number of guanidine groups is 1. The lowest BCUT2D eigenvalue weighted by atomic mass is 10.2. The number of thioether (sulfide) groups is 1. The molecule has 0 aliphatic heterocycles. The summed E-state index contributed by atoms with van der Waals surface area (Å²) >= 11 is 1.90. The van der Waals surface area contributed by atoms with E-state index >= 15 is 0 Å². The molecule has 1 aliphatic carbocycles. The monoisotopic (exact) mass is 387 g/mol. The van der Waals surface area contributed by atoms with Gasteiger partial charge in [-0.05, 0) is 44.6 Å². The number of rotatable bonds is 8. The first-order valence-electron chi connectivity index (χ1n) is 8.75. The molecule has 1 aromatic carbocycles. The van der Waals surface area contributed by atoms with Crippen molar-refractivity contribution in [2.45, 2.75) is 50.6 Å². The number of aliphatic imine (C=N–C) groups is 1. The zero-order valence-corrected chi connectivity index (χ0v) is 16.2. The van der Waals surface area contributed by atoms with Crippen LogP contribution in [0.15, 0.2) is 23.2 Å². The van der Waals surface area contributed by atoms with E-state index in [0.29, 0.717) is 28.6 Å². The largest absolute Gasteiger partial charge is 0.497 e. The molecule has 0 spiro atoms. The van der Waals surface area contributed by atoms with Crippen LogP contribution in [0.25, 0.3) is 0 Å². The van der Waals surface area contributed by atoms with Crippen molar-refractivity contribution in [3.63, 3.8) is 0 Å². The van der Waals surface area contributed by atoms with Crippen molar-refractivity contribution in [3.8, 4) is 11.5 Å². The van der Waals surface area contributed by atoms with Crippen LogP contribution in [0.1, 0.15) is 31.7 Å². The number of hydrogen-bond acceptors (Lipinski definition) is 4. The van der Waals surface area contributed by atoms with E-state index in [1.807, 2.05) is 18.7 Å². The quantitative estimate of drug-likeness (QED) is 0.527. The molecule has 0 bridgehead atoms. The first-order valence-corrected chi connectivity index (χ1v) is 10.0. The van der Waals surface area contributed by atoms with Gasteiger partial charge in [-0.3, -0.25) is 0 Å². The molecule has 8 heteroatoms. The summed E-state index contributed by atoms with van der Waals surface area (Å²) in [6, 6.07) is 5.25. The molecule has 0 aromatic heterocycles. The van der Waals surface area contributed by atoms with Crippen molar-refractivity contribution in [2.24, 2.45) is 4.99 Å². The van der Waals surface area contributed by atoms with Gasteiger partial charge in [0.05, 0.1) is 13.7 Å². The minimum atomic E-state index is -2.89. The summed E-state index contributed by atoms with van der Waals surface area (Å²) in [6.45, 7) is 0.0706. The Morgan fingerprint density at radius 2 is 2.19 bits per heavy atom. The van der Waals surface area contributed by atoms with Crippen LogP contribution in [0, 0.1) is 0 Å². The lowest BCUT2D eigenvalue weighted by molar-refractivity contribution is -0.0505. The van der Waals surface area contributed by atoms with Crippen LogP contribution in [-0.2, 0) is 6.54 Å². The maximum absolute atomic E-state index is 12.7. The molecule has 2 unspecified atom stereocenters. The number of ether oxygens (including phenoxy) is 2. The third kappa shape index (κ3) is 6.23. The van der Waals surface area contributed by atoms with Crippen LogP contribution >= 0.6 is 11.8 Å². The molecule has 0 saturated heterocycles. The molecule has 2 rings (SSSR count). The van der Waals surface area contributed by atoms with Crippen molar-refractivity contribution in [2.75, 3.05) is 19.9 Å². The average Bonchev–Trinajstić information content (AvgIpc) is 3.07. The van der Waals surface area contributed by atoms with Gasteiger partial charge in [-0.1, -0.05) is 0 Å². The lowest BCUT2D eigenvalue weighted by Crippen LogP contribution is -2.42. The molecule has 0 radical (unpaired) electrons. The van der Waals surface area contributed by atoms with Crippen LogP contribution in [0.5, 0.6) is 11.5 Å². The Morgan fingerprint density at radius 3 is 2.81 bits per heavy atom. The fraction of sp³-hybridized carbons (Fsp3) is 0.611. The summed E-state index contributed by atoms with van der Waals surface area (Å²) in [5, 5.41) is 7.34. The van der Waals surface area contributed by atoms with Gasteiger partial charge in [0.1, 0.15) is 11.5 Å². The zero-order chi connectivity index (χ0) is 18.9. The Kier molecular flexibility index (Phi) is 8.28. The molecule has 5 nitrogen and oxygen atoms in total. The van der Waals surface area contributed by atoms with E-state index in [4.69, 9.17) is 4.74 Å². The predicted molar refractivity (Wildman–Crippen MR) is 103 cm³/mol. The first kappa shape index (κ1) is 20.6. The predicted octanol–water partition coefficient (Wildman–Crippen LogP) is 3.64. The van der Waals surface area contributed by atoms with Crippen molar-refractivity contribution >= 4 is 17.7 Å². The van der Waals surface area contributed by atoms with Crippen molar-refractivity contribution in [1.29, 1.82) is 0 Å². The van der Waals surface area contributed by atoms with Gasteiger partial charge in [-0.25, -0.2) is 4.99 Å². The number of hydrogen-bond donors (Lipinski definition) is 2. The van der Waals surface area contributed by atoms with Gasteiger partial charge in [0.25, 0.3) is 0 Å². The third-order valence-corrected chi connectivity index (χ3v) is 5.40. The Hall–Kier alpha value is -1.70. The Morgan fingerprint density at radius 1 is 1.38 bits per heavy atom. The number of halogens is 2. The van der Waals surface area contributed by atoms with Gasteiger partial charge in [-0.15, -0.1) is 0 Å². The van der Waals surface area contributed by atoms with Gasteiger partial charge < -0.3 is 20.1 Å². The third-order valence-electron chi connectivity index (χ3n) is 4.30. The highest BCUT2D eigenvalue weighted by Crippen LogP contribution is 2.29. The van der Waals surface area contributed by atoms with Crippen LogP contribution < -0.4 is 20.1 Å². The maximum atomic E-state index is 12.7. The molecule has 2 atom stereocenters. The molecule has 1 fully saturated rings. The Bertz CT molecular complexity index is 602. The Balaban J connectivity index is 2.08. The van der Waals surface area contributed by atoms with Crippen LogP contribution in [0.4, 0.5) is 8.78 Å². The molecule has 0 amide bonds. The molecule has 1 aromatic rings. The zero-order valence-electron chi connectivity index (χ0n) is 15.4. The van der Waals surface area contributed by atoms with Crippen LogP contribution in [0.3, 0.4) is 0 Å². The van der Waals surface area contributed by atoms with Crippen LogP contribution in [-0.4, -0.2) is 43.8 Å². The smallest absolute Gasteiger partial charge is 0.387 e. The number of methoxy groups -OCH3 is 1. The number of alkyl halides is 2. The highest BCUT2D eigenvalue weighted by molar-refractivity contribution is 7.99. The van der Waals surface area contributed by atoms with Crippen molar-refractivity contribution in [1.82, 2.24) is 10.6 Å². The summed E-state index contributed by atoms with van der Waals surface area (Å²) in [4.78, 5) is 4.54. The van der Waals surface area contributed by atoms with Gasteiger partial charge in [-0.2, -0.15) is 20.5 Å². The molecule has 0 heterocycles. The van der Waals surface area contributed by atoms with E-state index in [1.54, 1.807) is 12.1 Å². The summed E-state index contributed by atoms with van der Waals surface area (Å²) in [7, 11) is 1.48. The fourth-order valence-electron chi connectivity index (χ4n) is 2.96.